The summed E-state index contributed by atoms with van der Waals surface area (Å²) in [7, 11) is -1.17. The average molecular weight is 471 g/mol. The van der Waals surface area contributed by atoms with E-state index in [9.17, 15) is 23.3 Å². The van der Waals surface area contributed by atoms with Crippen LogP contribution in [-0.2, 0) is 10.0 Å². The lowest BCUT2D eigenvalue weighted by Gasteiger charge is -2.12. The van der Waals surface area contributed by atoms with Crippen LogP contribution in [-0.4, -0.2) is 33.5 Å². The first-order chi connectivity index (χ1) is 15.6. The van der Waals surface area contributed by atoms with Gasteiger partial charge in [0.1, 0.15) is 5.56 Å². The highest BCUT2D eigenvalue weighted by atomic mass is 32.2. The monoisotopic (exact) mass is 471 g/mol. The van der Waals surface area contributed by atoms with Crippen molar-refractivity contribution >= 4 is 33.0 Å². The zero-order valence-corrected chi connectivity index (χ0v) is 18.8. The molecule has 0 aliphatic heterocycles. The van der Waals surface area contributed by atoms with Crippen molar-refractivity contribution in [3.8, 4) is 11.5 Å². The summed E-state index contributed by atoms with van der Waals surface area (Å²) in [6, 6.07) is 14.6. The Labute approximate surface area is 190 Å². The van der Waals surface area contributed by atoms with Gasteiger partial charge in [0.2, 0.25) is 0 Å². The van der Waals surface area contributed by atoms with Gasteiger partial charge >= 0.3 is 0 Å². The maximum atomic E-state index is 12.7. The van der Waals surface area contributed by atoms with Crippen LogP contribution in [0.3, 0.4) is 0 Å². The van der Waals surface area contributed by atoms with Crippen molar-refractivity contribution in [3.63, 3.8) is 0 Å². The highest BCUT2D eigenvalue weighted by Crippen LogP contribution is 2.35. The quantitative estimate of drug-likeness (QED) is 0.374. The third-order valence-electron chi connectivity index (χ3n) is 4.67. The van der Waals surface area contributed by atoms with E-state index < -0.39 is 26.5 Å². The number of nitrogens with one attached hydrogen (secondary N) is 2. The SMILES string of the molecule is COc1cc(C(=O)Nc2ccc(S(=O)(=O)Nc3ccc(C)cc3)cc2)c([N+](=O)[O-])cc1OC. The Morgan fingerprint density at radius 3 is 2.00 bits per heavy atom. The number of nitrogens with zero attached hydrogens (tertiary/aromatic N) is 1. The summed E-state index contributed by atoms with van der Waals surface area (Å²) in [5.41, 5.74) is 0.951. The molecule has 0 aromatic heterocycles. The standard InChI is InChI=1S/C22H21N3O7S/c1-14-4-6-16(7-5-14)24-33(29,30)17-10-8-15(9-11-17)23-22(26)18-12-20(31-2)21(32-3)13-19(18)25(27)28/h4-13,24H,1-3H3,(H,23,26). The molecule has 0 unspecified atom stereocenters. The summed E-state index contributed by atoms with van der Waals surface area (Å²) < 4.78 is 37.8. The van der Waals surface area contributed by atoms with Crippen molar-refractivity contribution in [2.24, 2.45) is 0 Å². The van der Waals surface area contributed by atoms with E-state index in [1.165, 1.54) is 44.6 Å². The van der Waals surface area contributed by atoms with Gasteiger partial charge < -0.3 is 14.8 Å². The number of benzene rings is 3. The first kappa shape index (κ1) is 23.5. The number of aryl methyl sites for hydroxylation is 1. The molecule has 3 aromatic carbocycles. The molecule has 172 valence electrons. The van der Waals surface area contributed by atoms with Crippen LogP contribution in [0.25, 0.3) is 0 Å². The summed E-state index contributed by atoms with van der Waals surface area (Å²) in [6.07, 6.45) is 0. The van der Waals surface area contributed by atoms with E-state index in [0.717, 1.165) is 11.6 Å². The predicted molar refractivity (Wildman–Crippen MR) is 123 cm³/mol. The van der Waals surface area contributed by atoms with Crippen LogP contribution in [0.2, 0.25) is 0 Å². The summed E-state index contributed by atoms with van der Waals surface area (Å²) in [6.45, 7) is 1.89. The van der Waals surface area contributed by atoms with Crippen molar-refractivity contribution in [3.05, 3.63) is 81.9 Å². The van der Waals surface area contributed by atoms with Gasteiger partial charge in [-0.3, -0.25) is 19.6 Å². The number of carbonyl (C=O) groups excluding carboxylic acids is 1. The summed E-state index contributed by atoms with van der Waals surface area (Å²) in [5.74, 6) is -0.510. The van der Waals surface area contributed by atoms with Crippen molar-refractivity contribution in [1.29, 1.82) is 0 Å². The minimum Gasteiger partial charge on any atom is -0.493 e. The third-order valence-corrected chi connectivity index (χ3v) is 6.07. The fraction of sp³-hybridized carbons (Fsp3) is 0.136. The first-order valence-corrected chi connectivity index (χ1v) is 11.0. The molecular formula is C22H21N3O7S. The lowest BCUT2D eigenvalue weighted by Crippen LogP contribution is -2.15. The smallest absolute Gasteiger partial charge is 0.286 e. The molecule has 0 atom stereocenters. The Morgan fingerprint density at radius 2 is 1.45 bits per heavy atom. The number of anilines is 2. The number of rotatable bonds is 8. The summed E-state index contributed by atoms with van der Waals surface area (Å²) >= 11 is 0. The van der Waals surface area contributed by atoms with E-state index in [4.69, 9.17) is 9.47 Å². The largest absolute Gasteiger partial charge is 0.493 e. The number of sulfonamides is 1. The van der Waals surface area contributed by atoms with Gasteiger partial charge in [-0.05, 0) is 43.3 Å². The van der Waals surface area contributed by atoms with Crippen LogP contribution in [0.5, 0.6) is 11.5 Å². The normalized spacial score (nSPS) is 10.9. The molecule has 0 saturated heterocycles. The highest BCUT2D eigenvalue weighted by Gasteiger charge is 2.25. The lowest BCUT2D eigenvalue weighted by atomic mass is 10.1. The van der Waals surface area contributed by atoms with Crippen LogP contribution >= 0.6 is 0 Å². The van der Waals surface area contributed by atoms with E-state index in [0.29, 0.717) is 5.69 Å². The molecule has 0 spiro atoms. The van der Waals surface area contributed by atoms with Crippen LogP contribution in [0.15, 0.2) is 65.6 Å². The van der Waals surface area contributed by atoms with Crippen LogP contribution in [0.4, 0.5) is 17.1 Å². The maximum absolute atomic E-state index is 12.7. The molecule has 1 amide bonds. The van der Waals surface area contributed by atoms with Gasteiger partial charge in [-0.15, -0.1) is 0 Å². The first-order valence-electron chi connectivity index (χ1n) is 9.56. The molecular weight excluding hydrogens is 450 g/mol. The molecule has 33 heavy (non-hydrogen) atoms. The second-order valence-corrected chi connectivity index (χ2v) is 8.61. The van der Waals surface area contributed by atoms with Gasteiger partial charge in [0.25, 0.3) is 21.6 Å². The molecule has 11 heteroatoms. The van der Waals surface area contributed by atoms with Crippen molar-refractivity contribution < 1.29 is 27.6 Å². The van der Waals surface area contributed by atoms with Gasteiger partial charge in [0.05, 0.1) is 30.1 Å². The van der Waals surface area contributed by atoms with Crippen LogP contribution in [0.1, 0.15) is 15.9 Å². The lowest BCUT2D eigenvalue weighted by molar-refractivity contribution is -0.385. The van der Waals surface area contributed by atoms with E-state index in [1.54, 1.807) is 24.3 Å². The molecule has 3 aromatic rings. The Bertz CT molecular complexity index is 1290. The number of methoxy groups -OCH3 is 2. The number of ether oxygens (including phenoxy) is 2. The number of nitro groups is 1. The van der Waals surface area contributed by atoms with E-state index >= 15 is 0 Å². The number of nitro benzene ring substituents is 1. The minimum atomic E-state index is -3.84. The number of carbonyl (C=O) groups is 1. The number of amides is 1. The molecule has 0 fully saturated rings. The molecule has 10 nitrogen and oxygen atoms in total. The zero-order chi connectivity index (χ0) is 24.2. The Balaban J connectivity index is 1.82. The molecule has 0 bridgehead atoms. The van der Waals surface area contributed by atoms with E-state index in [-0.39, 0.29) is 27.6 Å². The highest BCUT2D eigenvalue weighted by molar-refractivity contribution is 7.92. The van der Waals surface area contributed by atoms with Crippen molar-refractivity contribution in [2.45, 2.75) is 11.8 Å². The molecule has 0 heterocycles. The van der Waals surface area contributed by atoms with Gasteiger partial charge in [0.15, 0.2) is 11.5 Å². The fourth-order valence-electron chi connectivity index (χ4n) is 2.95. The minimum absolute atomic E-state index is 0.0156. The molecule has 0 aliphatic rings. The zero-order valence-electron chi connectivity index (χ0n) is 18.0. The molecule has 0 aliphatic carbocycles. The van der Waals surface area contributed by atoms with E-state index in [1.807, 2.05) is 6.92 Å². The topological polar surface area (TPSA) is 137 Å². The number of hydrogen-bond acceptors (Lipinski definition) is 7. The number of hydrogen-bond donors (Lipinski definition) is 2. The molecule has 0 radical (unpaired) electrons. The van der Waals surface area contributed by atoms with Gasteiger partial charge in [-0.25, -0.2) is 8.42 Å². The van der Waals surface area contributed by atoms with Crippen molar-refractivity contribution in [1.82, 2.24) is 0 Å². The predicted octanol–water partition coefficient (Wildman–Crippen LogP) is 3.97. The molecule has 2 N–H and O–H groups in total. The summed E-state index contributed by atoms with van der Waals surface area (Å²) in [4.78, 5) is 23.4. The van der Waals surface area contributed by atoms with Gasteiger partial charge in [0, 0.05) is 17.4 Å². The fourth-order valence-corrected chi connectivity index (χ4v) is 4.01. The molecule has 3 rings (SSSR count). The van der Waals surface area contributed by atoms with Gasteiger partial charge in [-0.1, -0.05) is 17.7 Å². The third kappa shape index (κ3) is 5.39. The average Bonchev–Trinajstić information content (AvgIpc) is 2.79. The van der Waals surface area contributed by atoms with Crippen LogP contribution in [0, 0.1) is 17.0 Å². The Kier molecular flexibility index (Phi) is 6.83. The van der Waals surface area contributed by atoms with Gasteiger partial charge in [-0.2, -0.15) is 0 Å². The van der Waals surface area contributed by atoms with E-state index in [2.05, 4.69) is 10.0 Å². The second kappa shape index (κ2) is 9.57. The van der Waals surface area contributed by atoms with Crippen molar-refractivity contribution in [2.75, 3.05) is 24.3 Å². The Morgan fingerprint density at radius 1 is 0.909 bits per heavy atom. The second-order valence-electron chi connectivity index (χ2n) is 6.93. The Hall–Kier alpha value is -4.12. The maximum Gasteiger partial charge on any atom is 0.286 e. The summed E-state index contributed by atoms with van der Waals surface area (Å²) in [5, 5.41) is 13.9. The van der Waals surface area contributed by atoms with Crippen LogP contribution < -0.4 is 19.5 Å². The molecule has 0 saturated carbocycles.